The van der Waals surface area contributed by atoms with Gasteiger partial charge in [0.25, 0.3) is 5.91 Å². The van der Waals surface area contributed by atoms with Crippen molar-refractivity contribution in [2.75, 3.05) is 13.1 Å². The van der Waals surface area contributed by atoms with E-state index in [1.54, 1.807) is 4.68 Å². The van der Waals surface area contributed by atoms with Gasteiger partial charge in [0, 0.05) is 25.7 Å². The first-order valence-electron chi connectivity index (χ1n) is 7.04. The molecule has 5 heteroatoms. The van der Waals surface area contributed by atoms with E-state index >= 15 is 0 Å². The molecule has 0 spiro atoms. The van der Waals surface area contributed by atoms with Gasteiger partial charge in [-0.05, 0) is 46.2 Å². The standard InChI is InChI=1S/C14H24N4O/c1-10(2)18(9-12-6-5-7-15-12)14(19)13-8-11(3)16-17(13)4/h8,10,12,15H,5-7,9H2,1-4H3. The topological polar surface area (TPSA) is 50.2 Å². The Balaban J connectivity index is 2.14. The van der Waals surface area contributed by atoms with E-state index in [4.69, 9.17) is 0 Å². The Kier molecular flexibility index (Phi) is 4.24. The summed E-state index contributed by atoms with van der Waals surface area (Å²) in [7, 11) is 1.83. The number of amides is 1. The first kappa shape index (κ1) is 14.1. The average molecular weight is 264 g/mol. The highest BCUT2D eigenvalue weighted by molar-refractivity contribution is 5.93. The predicted molar refractivity (Wildman–Crippen MR) is 75.1 cm³/mol. The Morgan fingerprint density at radius 3 is 2.84 bits per heavy atom. The van der Waals surface area contributed by atoms with Gasteiger partial charge in [-0.2, -0.15) is 5.10 Å². The van der Waals surface area contributed by atoms with E-state index in [9.17, 15) is 4.79 Å². The van der Waals surface area contributed by atoms with E-state index in [-0.39, 0.29) is 11.9 Å². The highest BCUT2D eigenvalue weighted by atomic mass is 16.2. The van der Waals surface area contributed by atoms with Gasteiger partial charge in [-0.15, -0.1) is 0 Å². The fraction of sp³-hybridized carbons (Fsp3) is 0.714. The normalized spacial score (nSPS) is 19.1. The zero-order chi connectivity index (χ0) is 14.0. The van der Waals surface area contributed by atoms with Gasteiger partial charge in [0.2, 0.25) is 0 Å². The van der Waals surface area contributed by atoms with Gasteiger partial charge >= 0.3 is 0 Å². The number of aromatic nitrogens is 2. The van der Waals surface area contributed by atoms with Crippen LogP contribution in [0.4, 0.5) is 0 Å². The Morgan fingerprint density at radius 1 is 1.63 bits per heavy atom. The fourth-order valence-electron chi connectivity index (χ4n) is 2.64. The zero-order valence-electron chi connectivity index (χ0n) is 12.3. The summed E-state index contributed by atoms with van der Waals surface area (Å²) in [4.78, 5) is 14.6. The second kappa shape index (κ2) is 5.74. The molecule has 1 atom stereocenters. The van der Waals surface area contributed by atoms with Crippen molar-refractivity contribution in [3.8, 4) is 0 Å². The highest BCUT2D eigenvalue weighted by Gasteiger charge is 2.26. The number of carbonyl (C=O) groups excluding carboxylic acids is 1. The largest absolute Gasteiger partial charge is 0.333 e. The first-order chi connectivity index (χ1) is 8.99. The molecule has 0 radical (unpaired) electrons. The van der Waals surface area contributed by atoms with Gasteiger partial charge < -0.3 is 10.2 Å². The summed E-state index contributed by atoms with van der Waals surface area (Å²) >= 11 is 0. The van der Waals surface area contributed by atoms with Crippen molar-refractivity contribution < 1.29 is 4.79 Å². The Labute approximate surface area is 115 Å². The highest BCUT2D eigenvalue weighted by Crippen LogP contribution is 2.13. The van der Waals surface area contributed by atoms with Crippen LogP contribution in [-0.2, 0) is 7.05 Å². The maximum absolute atomic E-state index is 12.6. The summed E-state index contributed by atoms with van der Waals surface area (Å²) in [6.45, 7) is 7.89. The van der Waals surface area contributed by atoms with Crippen LogP contribution in [0, 0.1) is 6.92 Å². The van der Waals surface area contributed by atoms with Crippen LogP contribution in [0.5, 0.6) is 0 Å². The van der Waals surface area contributed by atoms with Crippen LogP contribution in [0.15, 0.2) is 6.07 Å². The number of rotatable bonds is 4. The quantitative estimate of drug-likeness (QED) is 0.892. The molecule has 1 fully saturated rings. The van der Waals surface area contributed by atoms with Crippen LogP contribution >= 0.6 is 0 Å². The lowest BCUT2D eigenvalue weighted by atomic mass is 10.1. The third kappa shape index (κ3) is 3.15. The summed E-state index contributed by atoms with van der Waals surface area (Å²) < 4.78 is 1.68. The van der Waals surface area contributed by atoms with Crippen molar-refractivity contribution in [2.45, 2.75) is 45.7 Å². The molecule has 1 aliphatic rings. The number of hydrogen-bond acceptors (Lipinski definition) is 3. The molecule has 1 amide bonds. The van der Waals surface area contributed by atoms with E-state index in [2.05, 4.69) is 24.3 Å². The van der Waals surface area contributed by atoms with Crippen LogP contribution in [0.2, 0.25) is 0 Å². The molecule has 0 aliphatic carbocycles. The van der Waals surface area contributed by atoms with Crippen molar-refractivity contribution in [2.24, 2.45) is 7.05 Å². The molecule has 5 nitrogen and oxygen atoms in total. The molecule has 1 N–H and O–H groups in total. The van der Waals surface area contributed by atoms with Crippen LogP contribution in [0.25, 0.3) is 0 Å². The molecule has 0 aromatic carbocycles. The molecule has 2 rings (SSSR count). The third-order valence-corrected chi connectivity index (χ3v) is 3.68. The number of nitrogens with one attached hydrogen (secondary N) is 1. The number of carbonyl (C=O) groups is 1. The Hall–Kier alpha value is -1.36. The third-order valence-electron chi connectivity index (χ3n) is 3.68. The molecule has 1 aromatic rings. The lowest BCUT2D eigenvalue weighted by molar-refractivity contribution is 0.0678. The van der Waals surface area contributed by atoms with Crippen LogP contribution in [0.1, 0.15) is 42.9 Å². The minimum absolute atomic E-state index is 0.0757. The maximum Gasteiger partial charge on any atom is 0.272 e. The average Bonchev–Trinajstić information content (AvgIpc) is 2.94. The smallest absolute Gasteiger partial charge is 0.272 e. The van der Waals surface area contributed by atoms with Crippen LogP contribution in [0.3, 0.4) is 0 Å². The molecule has 1 saturated heterocycles. The van der Waals surface area contributed by atoms with Crippen molar-refractivity contribution in [3.63, 3.8) is 0 Å². The molecular weight excluding hydrogens is 240 g/mol. The van der Waals surface area contributed by atoms with Gasteiger partial charge in [-0.25, -0.2) is 0 Å². The van der Waals surface area contributed by atoms with Gasteiger partial charge in [-0.3, -0.25) is 9.48 Å². The molecule has 106 valence electrons. The molecule has 2 heterocycles. The van der Waals surface area contributed by atoms with Gasteiger partial charge in [-0.1, -0.05) is 0 Å². The minimum Gasteiger partial charge on any atom is -0.333 e. The number of aryl methyl sites for hydroxylation is 2. The number of nitrogens with zero attached hydrogens (tertiary/aromatic N) is 3. The zero-order valence-corrected chi connectivity index (χ0v) is 12.3. The SMILES string of the molecule is Cc1cc(C(=O)N(CC2CCCN2)C(C)C)n(C)n1. The monoisotopic (exact) mass is 264 g/mol. The van der Waals surface area contributed by atoms with E-state index in [0.717, 1.165) is 25.2 Å². The van der Waals surface area contributed by atoms with Crippen molar-refractivity contribution in [3.05, 3.63) is 17.5 Å². The summed E-state index contributed by atoms with van der Waals surface area (Å²) in [5.41, 5.74) is 1.55. The van der Waals surface area contributed by atoms with E-state index in [1.807, 2.05) is 24.9 Å². The van der Waals surface area contributed by atoms with E-state index in [0.29, 0.717) is 11.7 Å². The van der Waals surface area contributed by atoms with Crippen molar-refractivity contribution in [1.29, 1.82) is 0 Å². The van der Waals surface area contributed by atoms with Gasteiger partial charge in [0.15, 0.2) is 0 Å². The maximum atomic E-state index is 12.6. The Bertz CT molecular complexity index is 446. The minimum atomic E-state index is 0.0757. The lowest BCUT2D eigenvalue weighted by Gasteiger charge is -2.29. The Morgan fingerprint density at radius 2 is 2.37 bits per heavy atom. The second-order valence-electron chi connectivity index (χ2n) is 5.64. The summed E-state index contributed by atoms with van der Waals surface area (Å²) in [5.74, 6) is 0.0757. The van der Waals surface area contributed by atoms with E-state index in [1.165, 1.54) is 6.42 Å². The number of hydrogen-bond donors (Lipinski definition) is 1. The van der Waals surface area contributed by atoms with Crippen LogP contribution in [-0.4, -0.2) is 45.8 Å². The molecular formula is C14H24N4O. The summed E-state index contributed by atoms with van der Waals surface area (Å²) in [5, 5.41) is 7.71. The van der Waals surface area contributed by atoms with Crippen molar-refractivity contribution >= 4 is 5.91 Å². The van der Waals surface area contributed by atoms with Crippen LogP contribution < -0.4 is 5.32 Å². The summed E-state index contributed by atoms with van der Waals surface area (Å²) in [6.07, 6.45) is 2.36. The lowest BCUT2D eigenvalue weighted by Crippen LogP contribution is -2.45. The van der Waals surface area contributed by atoms with Crippen molar-refractivity contribution in [1.82, 2.24) is 20.0 Å². The molecule has 1 aromatic heterocycles. The molecule has 1 unspecified atom stereocenters. The molecule has 0 bridgehead atoms. The molecule has 19 heavy (non-hydrogen) atoms. The fourth-order valence-corrected chi connectivity index (χ4v) is 2.64. The van der Waals surface area contributed by atoms with Gasteiger partial charge in [0.05, 0.1) is 5.69 Å². The summed E-state index contributed by atoms with van der Waals surface area (Å²) in [6, 6.07) is 2.49. The second-order valence-corrected chi connectivity index (χ2v) is 5.64. The predicted octanol–water partition coefficient (Wildman–Crippen LogP) is 1.33. The van der Waals surface area contributed by atoms with Gasteiger partial charge in [0.1, 0.15) is 5.69 Å². The molecule has 0 saturated carbocycles. The first-order valence-corrected chi connectivity index (χ1v) is 7.04. The molecule has 1 aliphatic heterocycles. The van der Waals surface area contributed by atoms with E-state index < -0.39 is 0 Å².